The number of morpholine rings is 2. The number of likely N-dealkylation sites (N-methyl/N-ethyl adjacent to an activating group) is 2. The van der Waals surface area contributed by atoms with Gasteiger partial charge in [-0.1, -0.05) is 125 Å². The molecule has 0 unspecified atom stereocenters. The highest BCUT2D eigenvalue weighted by Gasteiger charge is 2.44. The normalized spacial score (nSPS) is 21.7. The van der Waals surface area contributed by atoms with Crippen molar-refractivity contribution in [3.05, 3.63) is 0 Å². The fourth-order valence-electron chi connectivity index (χ4n) is 15.6. The summed E-state index contributed by atoms with van der Waals surface area (Å²) in [4.78, 5) is 99.5. The van der Waals surface area contributed by atoms with Crippen LogP contribution >= 0.6 is 0 Å². The first-order valence-electron chi connectivity index (χ1n) is 43.8. The van der Waals surface area contributed by atoms with Crippen molar-refractivity contribution in [1.29, 1.82) is 5.26 Å². The highest BCUT2D eigenvalue weighted by Crippen LogP contribution is 2.44. The summed E-state index contributed by atoms with van der Waals surface area (Å²) >= 11 is 0. The third kappa shape index (κ3) is 40.3. The molecule has 0 bridgehead atoms. The lowest BCUT2D eigenvalue weighted by Crippen LogP contribution is -2.54. The van der Waals surface area contributed by atoms with Gasteiger partial charge >= 0.3 is 0 Å². The van der Waals surface area contributed by atoms with Gasteiger partial charge < -0.3 is 59.6 Å². The van der Waals surface area contributed by atoms with Gasteiger partial charge in [-0.3, -0.25) is 53.3 Å². The quantitative estimate of drug-likeness (QED) is 0.123. The molecule has 9 saturated heterocycles. The number of carbonyl (C=O) groups is 6. The lowest BCUT2D eigenvalue weighted by Gasteiger charge is -2.43. The molecule has 0 aromatic rings. The number of nitriles is 1. The van der Waals surface area contributed by atoms with Gasteiger partial charge in [-0.15, -0.1) is 0 Å². The lowest BCUT2D eigenvalue weighted by molar-refractivity contribution is -0.136. The van der Waals surface area contributed by atoms with Crippen molar-refractivity contribution in [2.75, 3.05) is 231 Å². The lowest BCUT2D eigenvalue weighted by atomic mass is 9.90. The van der Waals surface area contributed by atoms with E-state index in [1.165, 1.54) is 0 Å². The Morgan fingerprint density at radius 1 is 0.429 bits per heavy atom. The number of nitrogens with zero attached hydrogens (tertiary/aromatic N) is 13. The maximum atomic E-state index is 12.4. The molecule has 24 nitrogen and oxygen atoms in total. The van der Waals surface area contributed by atoms with E-state index in [1.807, 2.05) is 28.8 Å². The standard InChI is InChI=1S/C20H38N4O2.C16H31N3O2.C16H27N3O.2C15H28N2O2.C6H15N/c1-20(2,3)14-18(25)24-8-6-17(7-9-24)15-22-10-12-23(13-11-22)16-19(26)21(4)5;1-16(2,3)14-15(20)19-8-6-17(7-9-19)4-5-18-10-12-21-13-11-18;1-15(2,3)10-14(20)19-8-4-13(5-9-19)18-12-16(11-17)6-7-16;1-15(2,3)9-14(18)17-7-5-12(6-8-17)16(4)13-10-19-11-13;1-15(2,3)12-14(18)17-6-4-13(5-7-17)16-8-10-19-11-9-16;1-6(2,3)4-5-7/h17H,6-16H2,1-5H3;4-14H2,1-3H3;13,18H,4-10,12H2,1-3H3;12-13H,5-11H2,1-4H3;13H,4-12H2,1-3H3;4-5,7H2,1-3H3. The molecular weight excluding hydrogens is 1410 g/mol. The number of piperidine rings is 4. The van der Waals surface area contributed by atoms with Crippen LogP contribution in [0.4, 0.5) is 0 Å². The fraction of sp³-hybridized carbons (Fsp3) is 0.920. The summed E-state index contributed by atoms with van der Waals surface area (Å²) in [6.45, 7) is 68.5. The zero-order valence-electron chi connectivity index (χ0n) is 75.4. The van der Waals surface area contributed by atoms with Crippen molar-refractivity contribution in [3.8, 4) is 6.07 Å². The monoisotopic (exact) mass is 1580 g/mol. The number of amides is 6. The van der Waals surface area contributed by atoms with Crippen molar-refractivity contribution in [3.63, 3.8) is 0 Å². The van der Waals surface area contributed by atoms with Gasteiger partial charge in [0, 0.05) is 221 Å². The van der Waals surface area contributed by atoms with Gasteiger partial charge in [0.05, 0.1) is 63.7 Å². The minimum Gasteiger partial charge on any atom is -0.379 e. The van der Waals surface area contributed by atoms with Crippen LogP contribution in [0.2, 0.25) is 0 Å². The Labute approximate surface area is 682 Å². The van der Waals surface area contributed by atoms with Crippen molar-refractivity contribution in [1.82, 2.24) is 64.1 Å². The largest absolute Gasteiger partial charge is 0.379 e. The van der Waals surface area contributed by atoms with E-state index in [4.69, 9.17) is 25.2 Å². The topological polar surface area (TPSA) is 231 Å². The minimum atomic E-state index is -0.0702. The van der Waals surface area contributed by atoms with Gasteiger partial charge in [-0.2, -0.15) is 5.26 Å². The molecule has 9 heterocycles. The highest BCUT2D eigenvalue weighted by atomic mass is 16.5. The number of carbonyl (C=O) groups excluding carboxylic acids is 6. The van der Waals surface area contributed by atoms with E-state index in [2.05, 4.69) is 182 Å². The molecule has 0 aromatic heterocycles. The van der Waals surface area contributed by atoms with Crippen LogP contribution in [0.5, 0.6) is 0 Å². The van der Waals surface area contributed by atoms with Crippen LogP contribution in [0.15, 0.2) is 0 Å². The molecular formula is C88H167N15O9. The third-order valence-electron chi connectivity index (χ3n) is 23.3. The molecule has 0 spiro atoms. The van der Waals surface area contributed by atoms with Gasteiger partial charge in [0.15, 0.2) is 0 Å². The number of hydrogen-bond donors (Lipinski definition) is 2. The van der Waals surface area contributed by atoms with E-state index in [1.54, 1.807) is 4.90 Å². The maximum Gasteiger partial charge on any atom is 0.236 e. The van der Waals surface area contributed by atoms with Crippen LogP contribution in [0.3, 0.4) is 0 Å². The molecule has 6 amide bonds. The second-order valence-electron chi connectivity index (χ2n) is 41.8. The number of rotatable bonds is 19. The molecule has 3 N–H and O–H groups in total. The van der Waals surface area contributed by atoms with Crippen LogP contribution in [0, 0.1) is 55.2 Å². The van der Waals surface area contributed by atoms with E-state index in [0.29, 0.717) is 97.8 Å². The molecule has 648 valence electrons. The van der Waals surface area contributed by atoms with Crippen LogP contribution in [-0.4, -0.2) is 349 Å². The summed E-state index contributed by atoms with van der Waals surface area (Å²) in [5.74, 6) is 2.44. The summed E-state index contributed by atoms with van der Waals surface area (Å²) in [7, 11) is 5.83. The zero-order chi connectivity index (χ0) is 83.3. The molecule has 1 aliphatic carbocycles. The number of ether oxygens (including phenoxy) is 3. The van der Waals surface area contributed by atoms with Crippen molar-refractivity contribution < 1.29 is 43.0 Å². The van der Waals surface area contributed by atoms with Gasteiger partial charge in [0.2, 0.25) is 35.4 Å². The minimum absolute atomic E-state index is 0.0668. The summed E-state index contributed by atoms with van der Waals surface area (Å²) in [5, 5.41) is 12.6. The molecule has 0 atom stereocenters. The van der Waals surface area contributed by atoms with Crippen LogP contribution in [-0.2, 0) is 43.0 Å². The summed E-state index contributed by atoms with van der Waals surface area (Å²) in [6, 6.07) is 4.76. The summed E-state index contributed by atoms with van der Waals surface area (Å²) < 4.78 is 16.0. The molecule has 10 fully saturated rings. The number of likely N-dealkylation sites (tertiary alicyclic amines) is 4. The Hall–Kier alpha value is -4.13. The summed E-state index contributed by atoms with van der Waals surface area (Å²) in [6.07, 6.45) is 15.1. The first kappa shape index (κ1) is 98.4. The zero-order valence-corrected chi connectivity index (χ0v) is 75.4. The average Bonchev–Trinajstić information content (AvgIpc) is 1.66. The second kappa shape index (κ2) is 46.9. The Balaban J connectivity index is 0.000000246. The third-order valence-corrected chi connectivity index (χ3v) is 23.3. The van der Waals surface area contributed by atoms with E-state index in [0.717, 1.165) is 274 Å². The first-order valence-corrected chi connectivity index (χ1v) is 43.8. The van der Waals surface area contributed by atoms with E-state index < -0.39 is 0 Å². The maximum absolute atomic E-state index is 12.4. The van der Waals surface area contributed by atoms with Crippen molar-refractivity contribution in [2.24, 2.45) is 49.6 Å². The van der Waals surface area contributed by atoms with Crippen molar-refractivity contribution in [2.45, 2.75) is 252 Å². The van der Waals surface area contributed by atoms with E-state index in [-0.39, 0.29) is 44.3 Å². The average molecular weight is 1580 g/mol. The molecule has 10 rings (SSSR count). The molecule has 24 heteroatoms. The van der Waals surface area contributed by atoms with Crippen molar-refractivity contribution >= 4 is 35.4 Å². The molecule has 1 saturated carbocycles. The molecule has 9 aliphatic heterocycles. The van der Waals surface area contributed by atoms with Gasteiger partial charge in [-0.05, 0) is 123 Å². The Bertz CT molecular complexity index is 2720. The molecule has 0 radical (unpaired) electrons. The number of piperazine rings is 2. The number of nitrogens with two attached hydrogens (primary N) is 1. The van der Waals surface area contributed by atoms with E-state index >= 15 is 0 Å². The van der Waals surface area contributed by atoms with Gasteiger partial charge in [0.1, 0.15) is 0 Å². The summed E-state index contributed by atoms with van der Waals surface area (Å²) in [5.41, 5.74) is 6.08. The smallest absolute Gasteiger partial charge is 0.236 e. The van der Waals surface area contributed by atoms with Gasteiger partial charge in [-0.25, -0.2) is 0 Å². The Morgan fingerprint density at radius 2 is 0.786 bits per heavy atom. The number of nitrogens with one attached hydrogen (secondary N) is 1. The SMILES string of the molecule is CC(C)(C)CC(=O)N1CCC(N2CCOCC2)CC1.CC(C)(C)CC(=O)N1CCC(NCC2(C#N)CC2)CC1.CC(C)(C)CC(=O)N1CCN(CCN2CCOCC2)CC1.CC(C)(C)CCN.CN(C)C(=O)CN1CCN(CC2CCN(C(=O)CC(C)(C)C)CC2)CC1.CN(C1CCN(C(=O)CC(C)(C)C)CC1)C1COC1. The Morgan fingerprint density at radius 3 is 1.13 bits per heavy atom. The number of hydrogen-bond acceptors (Lipinski definition) is 18. The molecule has 10 aliphatic rings. The van der Waals surface area contributed by atoms with E-state index in [9.17, 15) is 28.8 Å². The predicted octanol–water partition coefficient (Wildman–Crippen LogP) is 9.44. The molecule has 112 heavy (non-hydrogen) atoms. The van der Waals surface area contributed by atoms with Gasteiger partial charge in [0.25, 0.3) is 0 Å². The Kier molecular flexibility index (Phi) is 41.2. The predicted molar refractivity (Wildman–Crippen MR) is 453 cm³/mol. The van der Waals surface area contributed by atoms with Crippen LogP contribution < -0.4 is 11.1 Å². The second-order valence-corrected chi connectivity index (χ2v) is 41.8. The fourth-order valence-corrected chi connectivity index (χ4v) is 15.6. The molecule has 0 aromatic carbocycles. The van der Waals surface area contributed by atoms with Crippen LogP contribution in [0.1, 0.15) is 227 Å². The highest BCUT2D eigenvalue weighted by molar-refractivity contribution is 5.79. The van der Waals surface area contributed by atoms with Crippen LogP contribution in [0.25, 0.3) is 0 Å². The first-order chi connectivity index (χ1) is 52.3.